The first-order valence-corrected chi connectivity index (χ1v) is 11.7. The molecule has 1 N–H and O–H groups in total. The average Bonchev–Trinajstić information content (AvgIpc) is 3.03. The van der Waals surface area contributed by atoms with E-state index in [-0.39, 0.29) is 38.1 Å². The lowest BCUT2D eigenvalue weighted by atomic mass is 9.85. The van der Waals surface area contributed by atoms with E-state index in [1.807, 2.05) is 31.2 Å². The van der Waals surface area contributed by atoms with Crippen molar-refractivity contribution in [2.75, 3.05) is 20.8 Å². The highest BCUT2D eigenvalue weighted by Crippen LogP contribution is 2.47. The summed E-state index contributed by atoms with van der Waals surface area (Å²) in [6.45, 7) is 8.59. The summed E-state index contributed by atoms with van der Waals surface area (Å²) in [5, 5.41) is 11.6. The third kappa shape index (κ3) is 4.49. The van der Waals surface area contributed by atoms with E-state index in [1.54, 1.807) is 0 Å². The minimum atomic E-state index is -0.777. The number of Topliss-reactive ketones (excluding diaryl/α,β-unsaturated/α-hetero) is 1. The maximum absolute atomic E-state index is 13.2. The van der Waals surface area contributed by atoms with E-state index in [9.17, 15) is 14.7 Å². The molecule has 1 saturated heterocycles. The summed E-state index contributed by atoms with van der Waals surface area (Å²) < 4.78 is 10.6. The first-order valence-electron chi connectivity index (χ1n) is 11.0. The molecular formula is C26H29Cl2NO5. The molecule has 2 aromatic carbocycles. The molecular weight excluding hydrogens is 477 g/mol. The number of nitrogens with zero attached hydrogens (tertiary/aromatic N) is 1. The summed E-state index contributed by atoms with van der Waals surface area (Å²) in [7, 11) is 2.79. The number of hydrogen-bond donors (Lipinski definition) is 1. The van der Waals surface area contributed by atoms with Crippen LogP contribution in [0, 0.1) is 0 Å². The number of amides is 1. The predicted molar refractivity (Wildman–Crippen MR) is 134 cm³/mol. The lowest BCUT2D eigenvalue weighted by molar-refractivity contribution is -0.139. The number of benzene rings is 2. The van der Waals surface area contributed by atoms with Gasteiger partial charge >= 0.3 is 0 Å². The number of rotatable bonds is 6. The second kappa shape index (κ2) is 9.88. The first-order chi connectivity index (χ1) is 16.0. The van der Waals surface area contributed by atoms with Gasteiger partial charge in [-0.3, -0.25) is 9.59 Å². The van der Waals surface area contributed by atoms with Gasteiger partial charge in [0.2, 0.25) is 0 Å². The van der Waals surface area contributed by atoms with Gasteiger partial charge in [-0.05, 0) is 29.0 Å². The maximum atomic E-state index is 13.2. The Morgan fingerprint density at radius 3 is 2.15 bits per heavy atom. The van der Waals surface area contributed by atoms with Gasteiger partial charge in [-0.1, -0.05) is 75.2 Å². The van der Waals surface area contributed by atoms with E-state index in [1.165, 1.54) is 25.2 Å². The zero-order valence-electron chi connectivity index (χ0n) is 20.2. The molecule has 1 atom stereocenters. The van der Waals surface area contributed by atoms with Crippen LogP contribution in [0.25, 0.3) is 5.76 Å². The van der Waals surface area contributed by atoms with Crippen LogP contribution in [0.15, 0.2) is 35.9 Å². The number of ether oxygens (including phenoxy) is 2. The third-order valence-electron chi connectivity index (χ3n) is 5.89. The molecule has 1 amide bonds. The summed E-state index contributed by atoms with van der Waals surface area (Å²) in [5.74, 6) is -1.59. The Morgan fingerprint density at radius 1 is 1.06 bits per heavy atom. The number of likely N-dealkylation sites (tertiary alicyclic amines) is 1. The number of aliphatic hydroxyl groups excluding tert-OH is 1. The highest BCUT2D eigenvalue weighted by molar-refractivity contribution is 6.47. The monoisotopic (exact) mass is 505 g/mol. The van der Waals surface area contributed by atoms with Gasteiger partial charge in [0.15, 0.2) is 11.5 Å². The fourth-order valence-electron chi connectivity index (χ4n) is 4.16. The molecule has 2 aromatic rings. The van der Waals surface area contributed by atoms with Crippen LogP contribution < -0.4 is 9.47 Å². The second-order valence-corrected chi connectivity index (χ2v) is 9.94. The van der Waals surface area contributed by atoms with Crippen LogP contribution in [0.1, 0.15) is 56.8 Å². The Labute approximate surface area is 210 Å². The van der Waals surface area contributed by atoms with Crippen LogP contribution in [-0.2, 0) is 15.0 Å². The quantitative estimate of drug-likeness (QED) is 0.289. The maximum Gasteiger partial charge on any atom is 0.295 e. The molecule has 34 heavy (non-hydrogen) atoms. The zero-order valence-corrected chi connectivity index (χ0v) is 21.7. The first kappa shape index (κ1) is 25.9. The third-order valence-corrected chi connectivity index (χ3v) is 6.52. The van der Waals surface area contributed by atoms with Crippen molar-refractivity contribution >= 4 is 40.7 Å². The van der Waals surface area contributed by atoms with E-state index in [2.05, 4.69) is 20.8 Å². The van der Waals surface area contributed by atoms with Crippen molar-refractivity contribution in [1.29, 1.82) is 0 Å². The van der Waals surface area contributed by atoms with Crippen molar-refractivity contribution in [3.63, 3.8) is 0 Å². The van der Waals surface area contributed by atoms with Crippen LogP contribution >= 0.6 is 23.2 Å². The number of ketones is 1. The van der Waals surface area contributed by atoms with E-state index in [0.29, 0.717) is 18.5 Å². The molecule has 1 fully saturated rings. The zero-order chi connectivity index (χ0) is 25.4. The molecule has 6 nitrogen and oxygen atoms in total. The number of halogens is 2. The molecule has 0 bridgehead atoms. The van der Waals surface area contributed by atoms with Crippen LogP contribution in [0.5, 0.6) is 11.5 Å². The molecule has 0 aliphatic carbocycles. The highest BCUT2D eigenvalue weighted by atomic mass is 35.5. The molecule has 182 valence electrons. The van der Waals surface area contributed by atoms with Gasteiger partial charge in [0.05, 0.1) is 36.4 Å². The molecule has 1 unspecified atom stereocenters. The molecule has 1 heterocycles. The Hall–Kier alpha value is -2.70. The molecule has 0 aromatic heterocycles. The Morgan fingerprint density at radius 2 is 1.65 bits per heavy atom. The van der Waals surface area contributed by atoms with E-state index < -0.39 is 23.5 Å². The number of hydrogen-bond acceptors (Lipinski definition) is 5. The van der Waals surface area contributed by atoms with Crippen LogP contribution in [0.2, 0.25) is 10.0 Å². The molecule has 8 heteroatoms. The number of carbonyl (C=O) groups excluding carboxylic acids is 2. The smallest absolute Gasteiger partial charge is 0.295 e. The van der Waals surface area contributed by atoms with E-state index in [4.69, 9.17) is 32.7 Å². The molecule has 1 aliphatic rings. The van der Waals surface area contributed by atoms with Gasteiger partial charge in [0.25, 0.3) is 11.7 Å². The fraction of sp³-hybridized carbons (Fsp3) is 0.385. The summed E-state index contributed by atoms with van der Waals surface area (Å²) >= 11 is 12.7. The molecule has 1 aliphatic heterocycles. The second-order valence-electron chi connectivity index (χ2n) is 9.15. The topological polar surface area (TPSA) is 76.1 Å². The van der Waals surface area contributed by atoms with Gasteiger partial charge in [-0.2, -0.15) is 0 Å². The van der Waals surface area contributed by atoms with Gasteiger partial charge < -0.3 is 19.5 Å². The van der Waals surface area contributed by atoms with Gasteiger partial charge in [0.1, 0.15) is 10.8 Å². The number of aliphatic hydroxyl groups is 1. The molecule has 0 saturated carbocycles. The average molecular weight is 506 g/mol. The van der Waals surface area contributed by atoms with Gasteiger partial charge in [-0.15, -0.1) is 0 Å². The highest BCUT2D eigenvalue weighted by Gasteiger charge is 2.46. The van der Waals surface area contributed by atoms with Crippen molar-refractivity contribution < 1.29 is 24.2 Å². The molecule has 0 spiro atoms. The standard InChI is InChI=1S/C26H29Cl2NO5/c1-7-12-29-20(14-8-10-15(11-9-14)26(2,3)4)18(22(31)25(29)32)21(30)16-13-17(27)24(34-6)19(28)23(16)33-5/h8-11,13,20,30H,7,12H2,1-6H3/b21-18+. The minimum absolute atomic E-state index is 0.0439. The Bertz CT molecular complexity index is 1150. The van der Waals surface area contributed by atoms with Crippen molar-refractivity contribution in [1.82, 2.24) is 4.90 Å². The summed E-state index contributed by atoms with van der Waals surface area (Å²) in [4.78, 5) is 27.6. The molecule has 3 rings (SSSR count). The lowest BCUT2D eigenvalue weighted by Crippen LogP contribution is -2.30. The molecule has 0 radical (unpaired) electrons. The predicted octanol–water partition coefficient (Wildman–Crippen LogP) is 6.14. The summed E-state index contributed by atoms with van der Waals surface area (Å²) in [6.07, 6.45) is 0.646. The number of carbonyl (C=O) groups is 2. The lowest BCUT2D eigenvalue weighted by Gasteiger charge is -2.26. The van der Waals surface area contributed by atoms with Gasteiger partial charge in [0, 0.05) is 6.54 Å². The van der Waals surface area contributed by atoms with Crippen LogP contribution in [-0.4, -0.2) is 42.5 Å². The normalized spacial score (nSPS) is 17.9. The fourth-order valence-corrected chi connectivity index (χ4v) is 4.84. The Kier molecular flexibility index (Phi) is 7.53. The van der Waals surface area contributed by atoms with Crippen molar-refractivity contribution in [3.05, 3.63) is 62.6 Å². The van der Waals surface area contributed by atoms with E-state index >= 15 is 0 Å². The van der Waals surface area contributed by atoms with Crippen molar-refractivity contribution in [3.8, 4) is 11.5 Å². The summed E-state index contributed by atoms with van der Waals surface area (Å²) in [6, 6.07) is 8.37. The Balaban J connectivity index is 2.27. The van der Waals surface area contributed by atoms with Crippen LogP contribution in [0.4, 0.5) is 0 Å². The van der Waals surface area contributed by atoms with Crippen molar-refractivity contribution in [2.24, 2.45) is 0 Å². The van der Waals surface area contributed by atoms with Crippen molar-refractivity contribution in [2.45, 2.75) is 45.6 Å². The minimum Gasteiger partial charge on any atom is -0.507 e. The largest absolute Gasteiger partial charge is 0.507 e. The SMILES string of the molecule is CCCN1C(=O)C(=O)/C(=C(/O)c2cc(Cl)c(OC)c(Cl)c2OC)C1c1ccc(C(C)(C)C)cc1. The number of methoxy groups -OCH3 is 2. The van der Waals surface area contributed by atoms with Crippen LogP contribution in [0.3, 0.4) is 0 Å². The summed E-state index contributed by atoms with van der Waals surface area (Å²) in [5.41, 5.74) is 1.82. The van der Waals surface area contributed by atoms with Gasteiger partial charge in [-0.25, -0.2) is 0 Å². The van der Waals surface area contributed by atoms with E-state index in [0.717, 1.165) is 5.56 Å².